The Bertz CT molecular complexity index is 1340. The van der Waals surface area contributed by atoms with Gasteiger partial charge >= 0.3 is 0 Å². The van der Waals surface area contributed by atoms with Crippen LogP contribution in [0.25, 0.3) is 11.1 Å². The summed E-state index contributed by atoms with van der Waals surface area (Å²) >= 11 is 0. The van der Waals surface area contributed by atoms with Gasteiger partial charge in [-0.05, 0) is 66.4 Å². The van der Waals surface area contributed by atoms with E-state index in [2.05, 4.69) is 15.6 Å². The Morgan fingerprint density at radius 3 is 2.35 bits per heavy atom. The molecule has 0 saturated carbocycles. The van der Waals surface area contributed by atoms with Crippen molar-refractivity contribution in [1.29, 1.82) is 0 Å². The number of carbonyl (C=O) groups is 2. The number of amides is 2. The summed E-state index contributed by atoms with van der Waals surface area (Å²) in [6.45, 7) is 3.55. The number of piperidine rings is 1. The molecule has 3 aromatic rings. The van der Waals surface area contributed by atoms with Crippen molar-refractivity contribution in [3.8, 4) is 11.1 Å². The van der Waals surface area contributed by atoms with Crippen LogP contribution in [0.5, 0.6) is 0 Å². The van der Waals surface area contributed by atoms with Gasteiger partial charge < -0.3 is 29.7 Å². The Morgan fingerprint density at radius 1 is 0.850 bits per heavy atom. The minimum absolute atomic E-state index is 0.0343. The number of benzene rings is 2. The molecule has 9 nitrogen and oxygen atoms in total. The van der Waals surface area contributed by atoms with Crippen LogP contribution in [0.1, 0.15) is 36.0 Å². The molecule has 2 aromatic carbocycles. The smallest absolute Gasteiger partial charge is 0.253 e. The number of likely N-dealkylation sites (tertiary alicyclic amines) is 1. The molecule has 6 rings (SSSR count). The van der Waals surface area contributed by atoms with E-state index in [9.17, 15) is 9.59 Å². The largest absolute Gasteiger partial charge is 0.381 e. The first-order valence-corrected chi connectivity index (χ1v) is 14.0. The molecule has 4 heterocycles. The number of rotatable bonds is 6. The van der Waals surface area contributed by atoms with Crippen LogP contribution >= 0.6 is 0 Å². The molecule has 40 heavy (non-hydrogen) atoms. The quantitative estimate of drug-likeness (QED) is 0.460. The maximum atomic E-state index is 13.7. The van der Waals surface area contributed by atoms with Crippen molar-refractivity contribution < 1.29 is 23.8 Å². The highest BCUT2D eigenvalue weighted by Crippen LogP contribution is 2.33. The lowest BCUT2D eigenvalue weighted by atomic mass is 9.99. The van der Waals surface area contributed by atoms with Crippen molar-refractivity contribution in [2.45, 2.75) is 31.5 Å². The van der Waals surface area contributed by atoms with Crippen LogP contribution in [0.2, 0.25) is 0 Å². The summed E-state index contributed by atoms with van der Waals surface area (Å²) in [5.74, 6) is -0.206. The van der Waals surface area contributed by atoms with Crippen molar-refractivity contribution in [3.05, 3.63) is 72.4 Å². The molecule has 0 radical (unpaired) electrons. The third kappa shape index (κ3) is 6.01. The highest BCUT2D eigenvalue weighted by atomic mass is 16.7. The average molecular weight is 543 g/mol. The Morgan fingerprint density at radius 2 is 1.60 bits per heavy atom. The molecule has 0 atom stereocenters. The van der Waals surface area contributed by atoms with E-state index in [0.29, 0.717) is 76.6 Å². The van der Waals surface area contributed by atoms with E-state index in [1.807, 2.05) is 65.6 Å². The van der Waals surface area contributed by atoms with Crippen LogP contribution in [0.3, 0.4) is 0 Å². The number of nitrogens with zero attached hydrogens (tertiary/aromatic N) is 2. The minimum Gasteiger partial charge on any atom is -0.381 e. The summed E-state index contributed by atoms with van der Waals surface area (Å²) in [4.78, 5) is 32.8. The molecule has 3 saturated heterocycles. The fraction of sp³-hybridized carbons (Fsp3) is 0.387. The third-order valence-electron chi connectivity index (χ3n) is 7.81. The molecule has 2 amide bonds. The van der Waals surface area contributed by atoms with Crippen LogP contribution in [-0.4, -0.2) is 67.0 Å². The molecule has 0 unspecified atom stereocenters. The van der Waals surface area contributed by atoms with Gasteiger partial charge in [-0.3, -0.25) is 9.59 Å². The zero-order chi connectivity index (χ0) is 27.4. The molecule has 2 N–H and O–H groups in total. The van der Waals surface area contributed by atoms with Gasteiger partial charge in [0.1, 0.15) is 5.82 Å². The molecule has 208 valence electrons. The molecule has 3 fully saturated rings. The second kappa shape index (κ2) is 11.8. The highest BCUT2D eigenvalue weighted by molar-refractivity contribution is 5.97. The SMILES string of the molecule is O=C(Nc1cc(-c2cc(Nc3ccccc3)cc(C(=O)N3CCC4(CC3)OCCO4)c2)ccn1)C1CCOCC1. The van der Waals surface area contributed by atoms with Crippen molar-refractivity contribution in [3.63, 3.8) is 0 Å². The summed E-state index contributed by atoms with van der Waals surface area (Å²) in [5, 5.41) is 6.40. The second-order valence-corrected chi connectivity index (χ2v) is 10.5. The van der Waals surface area contributed by atoms with Gasteiger partial charge in [-0.25, -0.2) is 4.98 Å². The summed E-state index contributed by atoms with van der Waals surface area (Å²) < 4.78 is 17.1. The lowest BCUT2D eigenvalue weighted by molar-refractivity contribution is -0.181. The van der Waals surface area contributed by atoms with Gasteiger partial charge in [0.25, 0.3) is 5.91 Å². The van der Waals surface area contributed by atoms with Crippen molar-refractivity contribution >= 4 is 29.0 Å². The number of ether oxygens (including phenoxy) is 3. The molecule has 9 heteroatoms. The molecular formula is C31H34N4O5. The molecule has 0 aliphatic carbocycles. The predicted octanol–water partition coefficient (Wildman–Crippen LogP) is 4.84. The van der Waals surface area contributed by atoms with Gasteiger partial charge in [0, 0.05) is 68.2 Å². The first-order chi connectivity index (χ1) is 19.6. The van der Waals surface area contributed by atoms with Crippen LogP contribution in [0.4, 0.5) is 17.2 Å². The number of hydrogen-bond donors (Lipinski definition) is 2. The predicted molar refractivity (Wildman–Crippen MR) is 151 cm³/mol. The van der Waals surface area contributed by atoms with Gasteiger partial charge in [-0.15, -0.1) is 0 Å². The Kier molecular flexibility index (Phi) is 7.77. The Balaban J connectivity index is 1.26. The zero-order valence-electron chi connectivity index (χ0n) is 22.4. The summed E-state index contributed by atoms with van der Waals surface area (Å²) in [6.07, 6.45) is 4.42. The monoisotopic (exact) mass is 542 g/mol. The minimum atomic E-state index is -0.540. The van der Waals surface area contributed by atoms with E-state index in [-0.39, 0.29) is 17.7 Å². The Labute approximate surface area is 233 Å². The van der Waals surface area contributed by atoms with E-state index in [1.54, 1.807) is 6.20 Å². The van der Waals surface area contributed by atoms with E-state index < -0.39 is 5.79 Å². The number of nitrogens with one attached hydrogen (secondary N) is 2. The number of hydrogen-bond acceptors (Lipinski definition) is 7. The van der Waals surface area contributed by atoms with Crippen molar-refractivity contribution in [1.82, 2.24) is 9.88 Å². The normalized spacial score (nSPS) is 18.9. The first kappa shape index (κ1) is 26.4. The summed E-state index contributed by atoms with van der Waals surface area (Å²) in [6, 6.07) is 19.4. The van der Waals surface area contributed by atoms with Crippen molar-refractivity contribution in [2.24, 2.45) is 5.92 Å². The number of aromatic nitrogens is 1. The fourth-order valence-corrected chi connectivity index (χ4v) is 5.56. The number of pyridine rings is 1. The fourth-order valence-electron chi connectivity index (χ4n) is 5.56. The standard InChI is InChI=1S/C31H34N4O5/c36-29(22-7-14-38-15-8-22)34-28-21-23(6-11-32-28)24-18-25(20-27(19-24)33-26-4-2-1-3-5-26)30(37)35-12-9-31(10-13-35)39-16-17-40-31/h1-6,11,18-22,33H,7-10,12-17H2,(H,32,34,36). The maximum Gasteiger partial charge on any atom is 0.253 e. The van der Waals surface area contributed by atoms with Crippen LogP contribution in [-0.2, 0) is 19.0 Å². The van der Waals surface area contributed by atoms with E-state index in [1.165, 1.54) is 0 Å². The van der Waals surface area contributed by atoms with E-state index in [0.717, 1.165) is 22.5 Å². The van der Waals surface area contributed by atoms with Crippen molar-refractivity contribution in [2.75, 3.05) is 50.2 Å². The average Bonchev–Trinajstić information content (AvgIpc) is 3.46. The molecule has 3 aliphatic rings. The van der Waals surface area contributed by atoms with Crippen LogP contribution < -0.4 is 10.6 Å². The topological polar surface area (TPSA) is 102 Å². The lowest BCUT2D eigenvalue weighted by Crippen LogP contribution is -2.47. The first-order valence-electron chi connectivity index (χ1n) is 14.0. The van der Waals surface area contributed by atoms with Gasteiger partial charge in [-0.1, -0.05) is 18.2 Å². The van der Waals surface area contributed by atoms with Crippen LogP contribution in [0, 0.1) is 5.92 Å². The van der Waals surface area contributed by atoms with E-state index in [4.69, 9.17) is 14.2 Å². The number of para-hydroxylation sites is 1. The third-order valence-corrected chi connectivity index (χ3v) is 7.81. The Hall–Kier alpha value is -3.79. The highest BCUT2D eigenvalue weighted by Gasteiger charge is 2.41. The van der Waals surface area contributed by atoms with E-state index >= 15 is 0 Å². The molecular weight excluding hydrogens is 508 g/mol. The summed E-state index contributed by atoms with van der Waals surface area (Å²) in [7, 11) is 0. The van der Waals surface area contributed by atoms with Crippen LogP contribution in [0.15, 0.2) is 66.9 Å². The molecule has 0 bridgehead atoms. The number of anilines is 3. The maximum absolute atomic E-state index is 13.7. The summed E-state index contributed by atoms with van der Waals surface area (Å²) in [5.41, 5.74) is 4.02. The molecule has 1 aromatic heterocycles. The zero-order valence-corrected chi connectivity index (χ0v) is 22.4. The van der Waals surface area contributed by atoms with Gasteiger partial charge in [-0.2, -0.15) is 0 Å². The van der Waals surface area contributed by atoms with Gasteiger partial charge in [0.05, 0.1) is 13.2 Å². The van der Waals surface area contributed by atoms with Gasteiger partial charge in [0.15, 0.2) is 5.79 Å². The molecule has 1 spiro atoms. The number of carbonyl (C=O) groups excluding carboxylic acids is 2. The molecule has 3 aliphatic heterocycles. The van der Waals surface area contributed by atoms with Gasteiger partial charge in [0.2, 0.25) is 5.91 Å². The lowest BCUT2D eigenvalue weighted by Gasteiger charge is -2.37. The second-order valence-electron chi connectivity index (χ2n) is 10.5.